The Morgan fingerprint density at radius 3 is 2.17 bits per heavy atom. The molecule has 0 aromatic carbocycles. The highest BCUT2D eigenvalue weighted by atomic mass is 16.3. The molecule has 4 nitrogen and oxygen atoms in total. The van der Waals surface area contributed by atoms with Crippen molar-refractivity contribution in [3.63, 3.8) is 0 Å². The number of nitrogens with one attached hydrogen (secondary N) is 1. The van der Waals surface area contributed by atoms with Crippen molar-refractivity contribution in [1.82, 2.24) is 5.32 Å². The van der Waals surface area contributed by atoms with E-state index < -0.39 is 6.10 Å². The normalized spacial score (nSPS) is 14.9. The van der Waals surface area contributed by atoms with Gasteiger partial charge in [-0.15, -0.1) is 0 Å². The molecule has 0 aliphatic carbocycles. The maximum Gasteiger partial charge on any atom is 0.220 e. The third-order valence-corrected chi connectivity index (χ3v) is 2.89. The topological polar surface area (TPSA) is 75.3 Å². The van der Waals surface area contributed by atoms with Crippen LogP contribution in [0.2, 0.25) is 0 Å². The lowest BCUT2D eigenvalue weighted by Crippen LogP contribution is -2.35. The van der Waals surface area contributed by atoms with E-state index in [4.69, 9.17) is 5.73 Å². The van der Waals surface area contributed by atoms with Gasteiger partial charge in [-0.2, -0.15) is 0 Å². The molecule has 1 amide bonds. The molecule has 108 valence electrons. The summed E-state index contributed by atoms with van der Waals surface area (Å²) in [6, 6.07) is 0. The monoisotopic (exact) mass is 258 g/mol. The molecule has 0 fully saturated rings. The van der Waals surface area contributed by atoms with Gasteiger partial charge >= 0.3 is 0 Å². The summed E-state index contributed by atoms with van der Waals surface area (Å²) in [5.74, 6) is 1.23. The number of aliphatic hydroxyl groups is 1. The molecular formula is C14H30N2O2. The van der Waals surface area contributed by atoms with Crippen molar-refractivity contribution in [2.45, 2.75) is 53.1 Å². The Kier molecular flexibility index (Phi) is 9.02. The van der Waals surface area contributed by atoms with Crippen LogP contribution >= 0.6 is 0 Å². The minimum absolute atomic E-state index is 0.00564. The van der Waals surface area contributed by atoms with Gasteiger partial charge in [-0.05, 0) is 37.1 Å². The highest BCUT2D eigenvalue weighted by molar-refractivity contribution is 5.76. The Morgan fingerprint density at radius 2 is 1.72 bits per heavy atom. The van der Waals surface area contributed by atoms with Crippen molar-refractivity contribution in [1.29, 1.82) is 0 Å². The average molecular weight is 258 g/mol. The summed E-state index contributed by atoms with van der Waals surface area (Å²) in [7, 11) is 0. The van der Waals surface area contributed by atoms with Crippen LogP contribution in [-0.4, -0.2) is 30.2 Å². The second kappa shape index (κ2) is 9.34. The first-order chi connectivity index (χ1) is 8.35. The lowest BCUT2D eigenvalue weighted by Gasteiger charge is -2.18. The van der Waals surface area contributed by atoms with Crippen LogP contribution in [0.25, 0.3) is 0 Å². The highest BCUT2D eigenvalue weighted by Crippen LogP contribution is 2.14. The standard InChI is InChI=1S/C14H30N2O2/c1-10(2)5-12(8-15)7-14(18)16-9-13(17)6-11(3)4/h10-13,17H,5-9,15H2,1-4H3,(H,16,18). The molecule has 0 aromatic rings. The van der Waals surface area contributed by atoms with Crippen molar-refractivity contribution < 1.29 is 9.90 Å². The second-order valence-electron chi connectivity index (χ2n) is 6.02. The summed E-state index contributed by atoms with van der Waals surface area (Å²) in [5, 5.41) is 12.4. The van der Waals surface area contributed by atoms with Crippen LogP contribution in [0, 0.1) is 17.8 Å². The van der Waals surface area contributed by atoms with Crippen LogP contribution in [0.15, 0.2) is 0 Å². The predicted octanol–water partition coefficient (Wildman–Crippen LogP) is 1.52. The molecule has 0 rings (SSSR count). The zero-order valence-electron chi connectivity index (χ0n) is 12.3. The predicted molar refractivity (Wildman–Crippen MR) is 75.1 cm³/mol. The van der Waals surface area contributed by atoms with Crippen LogP contribution in [0.1, 0.15) is 47.0 Å². The maximum atomic E-state index is 11.7. The number of amides is 1. The first-order valence-electron chi connectivity index (χ1n) is 6.99. The fraction of sp³-hybridized carbons (Fsp3) is 0.929. The first-order valence-corrected chi connectivity index (χ1v) is 6.99. The van der Waals surface area contributed by atoms with Gasteiger partial charge in [0.15, 0.2) is 0 Å². The van der Waals surface area contributed by atoms with Crippen molar-refractivity contribution in [2.24, 2.45) is 23.5 Å². The molecule has 0 aliphatic heterocycles. The number of carbonyl (C=O) groups is 1. The van der Waals surface area contributed by atoms with E-state index in [0.29, 0.717) is 37.8 Å². The Balaban J connectivity index is 3.87. The van der Waals surface area contributed by atoms with Gasteiger partial charge in [0, 0.05) is 13.0 Å². The van der Waals surface area contributed by atoms with Crippen molar-refractivity contribution in [3.8, 4) is 0 Å². The molecule has 0 radical (unpaired) electrons. The second-order valence-corrected chi connectivity index (χ2v) is 6.02. The van der Waals surface area contributed by atoms with E-state index in [9.17, 15) is 9.90 Å². The van der Waals surface area contributed by atoms with E-state index in [2.05, 4.69) is 33.0 Å². The number of hydrogen-bond donors (Lipinski definition) is 3. The Morgan fingerprint density at radius 1 is 1.17 bits per heavy atom. The molecular weight excluding hydrogens is 228 g/mol. The van der Waals surface area contributed by atoms with Gasteiger partial charge in [-0.3, -0.25) is 4.79 Å². The van der Waals surface area contributed by atoms with Crippen LogP contribution in [-0.2, 0) is 4.79 Å². The first kappa shape index (κ1) is 17.4. The molecule has 0 saturated carbocycles. The SMILES string of the molecule is CC(C)CC(O)CNC(=O)CC(CN)CC(C)C. The van der Waals surface area contributed by atoms with Crippen molar-refractivity contribution in [3.05, 3.63) is 0 Å². The minimum Gasteiger partial charge on any atom is -0.391 e. The highest BCUT2D eigenvalue weighted by Gasteiger charge is 2.15. The van der Waals surface area contributed by atoms with Gasteiger partial charge in [-0.1, -0.05) is 27.7 Å². The van der Waals surface area contributed by atoms with Gasteiger partial charge in [-0.25, -0.2) is 0 Å². The van der Waals surface area contributed by atoms with Crippen LogP contribution in [0.5, 0.6) is 0 Å². The van der Waals surface area contributed by atoms with Crippen LogP contribution < -0.4 is 11.1 Å². The van der Waals surface area contributed by atoms with E-state index in [1.54, 1.807) is 0 Å². The molecule has 0 spiro atoms. The molecule has 0 heterocycles. The lowest BCUT2D eigenvalue weighted by atomic mass is 9.94. The maximum absolute atomic E-state index is 11.7. The summed E-state index contributed by atoms with van der Waals surface area (Å²) in [4.78, 5) is 11.7. The van der Waals surface area contributed by atoms with Gasteiger partial charge in [0.25, 0.3) is 0 Å². The third kappa shape index (κ3) is 9.42. The molecule has 0 aromatic heterocycles. The molecule has 0 saturated heterocycles. The average Bonchev–Trinajstić information content (AvgIpc) is 2.24. The van der Waals surface area contributed by atoms with Gasteiger partial charge < -0.3 is 16.2 Å². The smallest absolute Gasteiger partial charge is 0.220 e. The summed E-state index contributed by atoms with van der Waals surface area (Å²) in [6.07, 6.45) is 1.70. The number of aliphatic hydroxyl groups excluding tert-OH is 1. The number of rotatable bonds is 9. The molecule has 2 unspecified atom stereocenters. The Hall–Kier alpha value is -0.610. The third-order valence-electron chi connectivity index (χ3n) is 2.89. The number of carbonyl (C=O) groups excluding carboxylic acids is 1. The summed E-state index contributed by atoms with van der Waals surface area (Å²) in [6.45, 7) is 9.26. The largest absolute Gasteiger partial charge is 0.391 e. The molecule has 4 heteroatoms. The summed E-state index contributed by atoms with van der Waals surface area (Å²) < 4.78 is 0. The summed E-state index contributed by atoms with van der Waals surface area (Å²) in [5.41, 5.74) is 5.66. The van der Waals surface area contributed by atoms with E-state index in [1.807, 2.05) is 0 Å². The van der Waals surface area contributed by atoms with Gasteiger partial charge in [0.2, 0.25) is 5.91 Å². The Labute approximate surface area is 111 Å². The van der Waals surface area contributed by atoms with E-state index >= 15 is 0 Å². The zero-order chi connectivity index (χ0) is 14.1. The van der Waals surface area contributed by atoms with Crippen LogP contribution in [0.4, 0.5) is 0 Å². The summed E-state index contributed by atoms with van der Waals surface area (Å²) >= 11 is 0. The van der Waals surface area contributed by atoms with Gasteiger partial charge in [0.1, 0.15) is 0 Å². The van der Waals surface area contributed by atoms with E-state index in [-0.39, 0.29) is 11.8 Å². The van der Waals surface area contributed by atoms with Crippen molar-refractivity contribution in [2.75, 3.05) is 13.1 Å². The fourth-order valence-electron chi connectivity index (χ4n) is 2.12. The lowest BCUT2D eigenvalue weighted by molar-refractivity contribution is -0.122. The molecule has 18 heavy (non-hydrogen) atoms. The number of hydrogen-bond acceptors (Lipinski definition) is 3. The number of nitrogens with two attached hydrogens (primary N) is 1. The van der Waals surface area contributed by atoms with Gasteiger partial charge in [0.05, 0.1) is 6.10 Å². The van der Waals surface area contributed by atoms with Crippen LogP contribution in [0.3, 0.4) is 0 Å². The van der Waals surface area contributed by atoms with E-state index in [0.717, 1.165) is 6.42 Å². The zero-order valence-corrected chi connectivity index (χ0v) is 12.3. The minimum atomic E-state index is -0.449. The Bertz CT molecular complexity index is 230. The molecule has 0 aliphatic rings. The molecule has 2 atom stereocenters. The van der Waals surface area contributed by atoms with E-state index in [1.165, 1.54) is 0 Å². The molecule has 0 bridgehead atoms. The quantitative estimate of drug-likeness (QED) is 0.587. The molecule has 4 N–H and O–H groups in total. The fourth-order valence-corrected chi connectivity index (χ4v) is 2.12. The van der Waals surface area contributed by atoms with Crippen molar-refractivity contribution >= 4 is 5.91 Å².